The van der Waals surface area contributed by atoms with Crippen molar-refractivity contribution < 1.29 is 64.6 Å². The van der Waals surface area contributed by atoms with Crippen molar-refractivity contribution in [3.8, 4) is 0 Å². The molecule has 2 fully saturated rings. The number of nitrogens with zero attached hydrogens (tertiary/aromatic N) is 2. The van der Waals surface area contributed by atoms with Crippen LogP contribution in [0.1, 0.15) is 75.3 Å². The van der Waals surface area contributed by atoms with Crippen LogP contribution in [-0.2, 0) is 26.7 Å². The van der Waals surface area contributed by atoms with Crippen LogP contribution >= 0.6 is 0 Å². The van der Waals surface area contributed by atoms with Crippen LogP contribution < -0.4 is 33.8 Å². The van der Waals surface area contributed by atoms with Gasteiger partial charge in [0.25, 0.3) is 0 Å². The molecule has 2 aromatic rings. The molecule has 0 spiro atoms. The number of hydrogen-bond acceptors (Lipinski definition) is 6. The van der Waals surface area contributed by atoms with Gasteiger partial charge in [0.2, 0.25) is 0 Å². The average molecular weight is 651 g/mol. The fourth-order valence-corrected chi connectivity index (χ4v) is 5.85. The number of anilines is 2. The Labute approximate surface area is 278 Å². The molecule has 0 aliphatic carbocycles. The molecule has 0 N–H and O–H groups in total. The topological polar surface area (TPSA) is 72.9 Å². The average Bonchev–Trinajstić information content (AvgIpc) is 3.01. The summed E-state index contributed by atoms with van der Waals surface area (Å²) in [6.07, 6.45) is -0.827. The second-order valence-electron chi connectivity index (χ2n) is 11.7. The van der Waals surface area contributed by atoms with Gasteiger partial charge in [-0.3, -0.25) is 4.79 Å². The first-order chi connectivity index (χ1) is 21.3. The number of esters is 1. The molecule has 250 valence electrons. The van der Waals surface area contributed by atoms with Gasteiger partial charge in [-0.1, -0.05) is 0 Å². The third-order valence-electron chi connectivity index (χ3n) is 8.56. The second-order valence-corrected chi connectivity index (χ2v) is 11.7. The van der Waals surface area contributed by atoms with Crippen molar-refractivity contribution in [3.05, 3.63) is 59.7 Å². The Morgan fingerprint density at radius 1 is 0.696 bits per heavy atom. The normalized spacial score (nSPS) is 16.2. The Hall–Kier alpha value is -2.84. The van der Waals surface area contributed by atoms with Crippen molar-refractivity contribution in [1.29, 1.82) is 0 Å². The third kappa shape index (κ3) is 13.1. The molecular weight excluding hydrogens is 609 g/mol. The number of carboxylic acids is 1. The Kier molecular flexibility index (Phi) is 15.8. The van der Waals surface area contributed by atoms with E-state index in [9.17, 15) is 41.0 Å². The zero-order valence-electron chi connectivity index (χ0n) is 26.5. The number of alkyl halides is 6. The molecule has 0 atom stereocenters. The molecule has 2 heterocycles. The largest absolute Gasteiger partial charge is 1.00 e. The van der Waals surface area contributed by atoms with Gasteiger partial charge in [-0.15, -0.1) is 0 Å². The molecule has 2 aliphatic heterocycles. The zero-order valence-corrected chi connectivity index (χ0v) is 26.5. The van der Waals surface area contributed by atoms with E-state index in [1.165, 1.54) is 19.2 Å². The maximum Gasteiger partial charge on any atom is 1.00 e. The van der Waals surface area contributed by atoms with Crippen LogP contribution in [0.4, 0.5) is 37.7 Å². The number of carboxylic acid groups (broad SMARTS) is 1. The molecule has 0 saturated carbocycles. The van der Waals surface area contributed by atoms with Gasteiger partial charge in [-0.05, 0) is 118 Å². The summed E-state index contributed by atoms with van der Waals surface area (Å²) in [6, 6.07) is 10.6. The minimum absolute atomic E-state index is 0. The van der Waals surface area contributed by atoms with Crippen LogP contribution in [0.3, 0.4) is 0 Å². The molecule has 0 unspecified atom stereocenters. The Morgan fingerprint density at radius 2 is 1.04 bits per heavy atom. The fraction of sp³-hybridized carbons (Fsp3) is 0.576. The smallest absolute Gasteiger partial charge is 0.550 e. The van der Waals surface area contributed by atoms with Gasteiger partial charge in [0, 0.05) is 49.9 Å². The molecule has 0 amide bonds. The number of halogens is 6. The molecule has 0 bridgehead atoms. The second kappa shape index (κ2) is 18.5. The molecule has 2 aliphatic rings. The molecule has 13 heteroatoms. The van der Waals surface area contributed by atoms with Crippen molar-refractivity contribution in [1.82, 2.24) is 0 Å². The number of carbonyl (C=O) groups is 2. The quantitative estimate of drug-likeness (QED) is 0.219. The van der Waals surface area contributed by atoms with Gasteiger partial charge in [0.05, 0.1) is 18.2 Å². The third-order valence-corrected chi connectivity index (χ3v) is 8.56. The van der Waals surface area contributed by atoms with Crippen LogP contribution in [-0.4, -0.2) is 45.2 Å². The molecule has 0 aromatic heterocycles. The number of piperidine rings is 2. The summed E-state index contributed by atoms with van der Waals surface area (Å²) in [5.41, 5.74) is 0.402. The minimum Gasteiger partial charge on any atom is -0.550 e. The summed E-state index contributed by atoms with van der Waals surface area (Å²) in [6.45, 7) is 3.27. The Balaban J connectivity index is 0.000000314. The molecular formula is C33H41F6LiN2O4. The zero-order chi connectivity index (χ0) is 33.0. The van der Waals surface area contributed by atoms with Gasteiger partial charge in [-0.2, -0.15) is 26.3 Å². The summed E-state index contributed by atoms with van der Waals surface area (Å²) in [5.74, 6) is -0.121. The van der Waals surface area contributed by atoms with Gasteiger partial charge in [0.15, 0.2) is 0 Å². The van der Waals surface area contributed by atoms with Crippen molar-refractivity contribution >= 4 is 23.3 Å². The molecule has 2 saturated heterocycles. The Morgan fingerprint density at radius 3 is 1.35 bits per heavy atom. The van der Waals surface area contributed by atoms with Crippen LogP contribution in [0.5, 0.6) is 0 Å². The first kappa shape index (κ1) is 39.3. The summed E-state index contributed by atoms with van der Waals surface area (Å²) < 4.78 is 79.9. The maximum absolute atomic E-state index is 12.6. The molecule has 2 aromatic carbocycles. The number of hydrogen-bond donors (Lipinski definition) is 0. The van der Waals surface area contributed by atoms with Crippen LogP contribution in [0, 0.1) is 11.8 Å². The minimum atomic E-state index is -4.30. The van der Waals surface area contributed by atoms with E-state index >= 15 is 0 Å². The maximum atomic E-state index is 12.6. The van der Waals surface area contributed by atoms with Crippen molar-refractivity contribution in [2.75, 3.05) is 43.1 Å². The van der Waals surface area contributed by atoms with E-state index < -0.39 is 29.4 Å². The number of rotatable bonds is 10. The number of aliphatic carboxylic acids is 1. The first-order valence-electron chi connectivity index (χ1n) is 15.4. The van der Waals surface area contributed by atoms with Gasteiger partial charge < -0.3 is 24.4 Å². The van der Waals surface area contributed by atoms with E-state index in [1.807, 2.05) is 0 Å². The van der Waals surface area contributed by atoms with Gasteiger partial charge in [0.1, 0.15) is 0 Å². The molecule has 46 heavy (non-hydrogen) atoms. The van der Waals surface area contributed by atoms with Crippen LogP contribution in [0.2, 0.25) is 0 Å². The summed E-state index contributed by atoms with van der Waals surface area (Å²) in [5, 5.41) is 10.4. The van der Waals surface area contributed by atoms with Gasteiger partial charge in [-0.25, -0.2) is 0 Å². The first-order valence-corrected chi connectivity index (χ1v) is 15.4. The van der Waals surface area contributed by atoms with E-state index in [1.54, 1.807) is 12.1 Å². The monoisotopic (exact) mass is 650 g/mol. The Bertz CT molecular complexity index is 1190. The van der Waals surface area contributed by atoms with E-state index in [0.29, 0.717) is 24.7 Å². The van der Waals surface area contributed by atoms with Gasteiger partial charge >= 0.3 is 37.2 Å². The van der Waals surface area contributed by atoms with Crippen molar-refractivity contribution in [2.45, 2.75) is 76.6 Å². The standard InChI is InChI=1S/C17H22F3NO2.C16H20F3NO2.Li/c1-23-16(22)4-2-3-13-9-11-21(12-10-13)15-7-5-14(6-8-15)17(18,19)20;17-16(18,19)13-4-6-14(7-5-13)20-10-8-12(9-11-20)2-1-3-15(21)22;/h5-8,13H,2-4,9-12H2,1H3;4-7,12H,1-3,8-11H2,(H,21,22);/q;;+1/p-1. The summed E-state index contributed by atoms with van der Waals surface area (Å²) in [4.78, 5) is 25.7. The van der Waals surface area contributed by atoms with Crippen LogP contribution in [0.25, 0.3) is 0 Å². The van der Waals surface area contributed by atoms with Crippen LogP contribution in [0.15, 0.2) is 48.5 Å². The van der Waals surface area contributed by atoms with E-state index in [-0.39, 0.29) is 31.3 Å². The SMILES string of the molecule is COC(=O)CCCC1CCN(c2ccc(C(F)(F)F)cc2)CC1.O=C([O-])CCCC1CCN(c2ccc(C(F)(F)F)cc2)CC1.[Li+]. The predicted molar refractivity (Wildman–Crippen MR) is 157 cm³/mol. The van der Waals surface area contributed by atoms with E-state index in [4.69, 9.17) is 0 Å². The van der Waals surface area contributed by atoms with Crippen molar-refractivity contribution in [3.63, 3.8) is 0 Å². The number of carbonyl (C=O) groups excluding carboxylic acids is 2. The number of methoxy groups -OCH3 is 1. The molecule has 4 rings (SSSR count). The van der Waals surface area contributed by atoms with E-state index in [0.717, 1.165) is 107 Å². The summed E-state index contributed by atoms with van der Waals surface area (Å²) in [7, 11) is 1.39. The number of benzene rings is 2. The number of ether oxygens (including phenoxy) is 1. The van der Waals surface area contributed by atoms with E-state index in [2.05, 4.69) is 14.5 Å². The molecule has 6 nitrogen and oxygen atoms in total. The molecule has 0 radical (unpaired) electrons. The summed E-state index contributed by atoms with van der Waals surface area (Å²) >= 11 is 0. The fourth-order valence-electron chi connectivity index (χ4n) is 5.85. The predicted octanol–water partition coefficient (Wildman–Crippen LogP) is 4.11. The van der Waals surface area contributed by atoms with Crippen molar-refractivity contribution in [2.24, 2.45) is 11.8 Å².